The average molecular weight is 270 g/mol. The van der Waals surface area contributed by atoms with E-state index in [2.05, 4.69) is 0 Å². The van der Waals surface area contributed by atoms with Gasteiger partial charge in [-0.25, -0.2) is 4.79 Å². The maximum Gasteiger partial charge on any atom is 0.337 e. The predicted molar refractivity (Wildman–Crippen MR) is 81.1 cm³/mol. The van der Waals surface area contributed by atoms with E-state index in [1.807, 2.05) is 49.2 Å². The van der Waals surface area contributed by atoms with Crippen molar-refractivity contribution in [3.63, 3.8) is 0 Å². The van der Waals surface area contributed by atoms with Crippen molar-refractivity contribution in [3.8, 4) is 0 Å². The fourth-order valence-corrected chi connectivity index (χ4v) is 2.20. The van der Waals surface area contributed by atoms with Crippen LogP contribution >= 0.6 is 0 Å². The number of hydrogen-bond acceptors (Lipinski definition) is 3. The average Bonchev–Trinajstić information content (AvgIpc) is 2.46. The Kier molecular flexibility index (Phi) is 3.94. The quantitative estimate of drug-likeness (QED) is 0.837. The van der Waals surface area contributed by atoms with Gasteiger partial charge in [0.2, 0.25) is 0 Å². The Morgan fingerprint density at radius 3 is 2.45 bits per heavy atom. The number of carboxylic acids is 1. The van der Waals surface area contributed by atoms with E-state index in [1.165, 1.54) is 6.07 Å². The number of anilines is 2. The van der Waals surface area contributed by atoms with Gasteiger partial charge in [-0.05, 0) is 30.7 Å². The standard InChI is InChI=1S/C16H18N2O2/c1-11(12-6-4-3-5-7-12)18(2)15-9-8-13(17)10-14(15)16(19)20/h3-11H,17H2,1-2H3,(H,19,20). The van der Waals surface area contributed by atoms with Crippen molar-refractivity contribution >= 4 is 17.3 Å². The number of aromatic carboxylic acids is 1. The molecule has 4 heteroatoms. The lowest BCUT2D eigenvalue weighted by Gasteiger charge is -2.28. The van der Waals surface area contributed by atoms with E-state index in [-0.39, 0.29) is 11.6 Å². The van der Waals surface area contributed by atoms with E-state index in [0.717, 1.165) is 5.56 Å². The van der Waals surface area contributed by atoms with Crippen molar-refractivity contribution in [2.45, 2.75) is 13.0 Å². The Morgan fingerprint density at radius 1 is 1.20 bits per heavy atom. The van der Waals surface area contributed by atoms with Gasteiger partial charge in [-0.2, -0.15) is 0 Å². The van der Waals surface area contributed by atoms with E-state index in [0.29, 0.717) is 11.4 Å². The Bertz CT molecular complexity index is 611. The molecule has 0 aromatic heterocycles. The summed E-state index contributed by atoms with van der Waals surface area (Å²) >= 11 is 0. The Balaban J connectivity index is 2.38. The number of nitrogens with zero attached hydrogens (tertiary/aromatic N) is 1. The van der Waals surface area contributed by atoms with Crippen molar-refractivity contribution < 1.29 is 9.90 Å². The molecular weight excluding hydrogens is 252 g/mol. The van der Waals surface area contributed by atoms with Gasteiger partial charge in [-0.15, -0.1) is 0 Å². The molecule has 0 fully saturated rings. The zero-order chi connectivity index (χ0) is 14.7. The summed E-state index contributed by atoms with van der Waals surface area (Å²) in [6, 6.07) is 15.0. The van der Waals surface area contributed by atoms with Gasteiger partial charge in [-0.3, -0.25) is 0 Å². The highest BCUT2D eigenvalue weighted by Crippen LogP contribution is 2.29. The summed E-state index contributed by atoms with van der Waals surface area (Å²) in [5, 5.41) is 9.31. The summed E-state index contributed by atoms with van der Waals surface area (Å²) in [6.45, 7) is 2.04. The molecule has 0 saturated carbocycles. The third-order valence-corrected chi connectivity index (χ3v) is 3.49. The highest BCUT2D eigenvalue weighted by Gasteiger charge is 2.18. The van der Waals surface area contributed by atoms with Crippen LogP contribution in [0.15, 0.2) is 48.5 Å². The smallest absolute Gasteiger partial charge is 0.337 e. The van der Waals surface area contributed by atoms with Crippen LogP contribution in [-0.4, -0.2) is 18.1 Å². The third-order valence-electron chi connectivity index (χ3n) is 3.49. The first-order chi connectivity index (χ1) is 9.50. The molecule has 2 aromatic rings. The van der Waals surface area contributed by atoms with E-state index in [1.54, 1.807) is 12.1 Å². The minimum atomic E-state index is -0.973. The highest BCUT2D eigenvalue weighted by molar-refractivity contribution is 5.95. The van der Waals surface area contributed by atoms with Crippen LogP contribution in [0.2, 0.25) is 0 Å². The Labute approximate surface area is 118 Å². The van der Waals surface area contributed by atoms with Gasteiger partial charge < -0.3 is 15.7 Å². The number of carboxylic acid groups (broad SMARTS) is 1. The lowest BCUT2D eigenvalue weighted by atomic mass is 10.0. The molecule has 3 N–H and O–H groups in total. The number of carbonyl (C=O) groups is 1. The normalized spacial score (nSPS) is 11.9. The van der Waals surface area contributed by atoms with Crippen molar-refractivity contribution in [1.82, 2.24) is 0 Å². The fourth-order valence-electron chi connectivity index (χ4n) is 2.20. The van der Waals surface area contributed by atoms with Crippen LogP contribution in [0.5, 0.6) is 0 Å². The van der Waals surface area contributed by atoms with Gasteiger partial charge in [0.15, 0.2) is 0 Å². The molecule has 0 bridgehead atoms. The van der Waals surface area contributed by atoms with Crippen LogP contribution in [-0.2, 0) is 0 Å². The first-order valence-corrected chi connectivity index (χ1v) is 6.41. The molecular formula is C16H18N2O2. The molecule has 0 spiro atoms. The number of hydrogen-bond donors (Lipinski definition) is 2. The number of nitrogens with two attached hydrogens (primary N) is 1. The molecule has 1 unspecified atom stereocenters. The number of rotatable bonds is 4. The summed E-state index contributed by atoms with van der Waals surface area (Å²) in [5.41, 5.74) is 8.12. The maximum atomic E-state index is 11.4. The molecule has 0 radical (unpaired) electrons. The van der Waals surface area contributed by atoms with Gasteiger partial charge >= 0.3 is 5.97 Å². The van der Waals surface area contributed by atoms with Gasteiger partial charge in [-0.1, -0.05) is 30.3 Å². The second-order valence-corrected chi connectivity index (χ2v) is 4.78. The fraction of sp³-hybridized carbons (Fsp3) is 0.188. The molecule has 104 valence electrons. The first-order valence-electron chi connectivity index (χ1n) is 6.41. The van der Waals surface area contributed by atoms with E-state index in [4.69, 9.17) is 5.73 Å². The zero-order valence-corrected chi connectivity index (χ0v) is 11.6. The Hall–Kier alpha value is -2.49. The van der Waals surface area contributed by atoms with Crippen LogP contribution < -0.4 is 10.6 Å². The molecule has 0 aliphatic heterocycles. The molecule has 0 amide bonds. The van der Waals surface area contributed by atoms with Crippen molar-refractivity contribution in [1.29, 1.82) is 0 Å². The largest absolute Gasteiger partial charge is 0.478 e. The lowest BCUT2D eigenvalue weighted by molar-refractivity contribution is 0.0697. The van der Waals surface area contributed by atoms with Crippen LogP contribution in [0.1, 0.15) is 28.9 Å². The zero-order valence-electron chi connectivity index (χ0n) is 11.6. The minimum Gasteiger partial charge on any atom is -0.478 e. The van der Waals surface area contributed by atoms with E-state index in [9.17, 15) is 9.90 Å². The van der Waals surface area contributed by atoms with Crippen LogP contribution in [0.25, 0.3) is 0 Å². The summed E-state index contributed by atoms with van der Waals surface area (Å²) in [5.74, 6) is -0.973. The first kappa shape index (κ1) is 13.9. The molecule has 0 heterocycles. The lowest BCUT2D eigenvalue weighted by Crippen LogP contribution is -2.23. The SMILES string of the molecule is CC(c1ccccc1)N(C)c1ccc(N)cc1C(=O)O. The van der Waals surface area contributed by atoms with Gasteiger partial charge in [0.05, 0.1) is 17.3 Å². The molecule has 2 rings (SSSR count). The van der Waals surface area contributed by atoms with Crippen LogP contribution in [0.4, 0.5) is 11.4 Å². The molecule has 2 aromatic carbocycles. The second kappa shape index (κ2) is 5.65. The molecule has 4 nitrogen and oxygen atoms in total. The van der Waals surface area contributed by atoms with Crippen molar-refractivity contribution in [2.24, 2.45) is 0 Å². The highest BCUT2D eigenvalue weighted by atomic mass is 16.4. The van der Waals surface area contributed by atoms with Crippen LogP contribution in [0.3, 0.4) is 0 Å². The molecule has 0 aliphatic rings. The van der Waals surface area contributed by atoms with Crippen LogP contribution in [0, 0.1) is 0 Å². The summed E-state index contributed by atoms with van der Waals surface area (Å²) in [4.78, 5) is 13.3. The van der Waals surface area contributed by atoms with E-state index >= 15 is 0 Å². The summed E-state index contributed by atoms with van der Waals surface area (Å²) < 4.78 is 0. The summed E-state index contributed by atoms with van der Waals surface area (Å²) in [7, 11) is 1.88. The van der Waals surface area contributed by atoms with Crippen molar-refractivity contribution in [2.75, 3.05) is 17.7 Å². The summed E-state index contributed by atoms with van der Waals surface area (Å²) in [6.07, 6.45) is 0. The predicted octanol–water partition coefficient (Wildman–Crippen LogP) is 3.16. The van der Waals surface area contributed by atoms with Crippen molar-refractivity contribution in [3.05, 3.63) is 59.7 Å². The van der Waals surface area contributed by atoms with Gasteiger partial charge in [0.1, 0.15) is 0 Å². The maximum absolute atomic E-state index is 11.4. The third kappa shape index (κ3) is 2.74. The van der Waals surface area contributed by atoms with Gasteiger partial charge in [0, 0.05) is 12.7 Å². The second-order valence-electron chi connectivity index (χ2n) is 4.78. The minimum absolute atomic E-state index is 0.0675. The molecule has 20 heavy (non-hydrogen) atoms. The number of benzene rings is 2. The monoisotopic (exact) mass is 270 g/mol. The van der Waals surface area contributed by atoms with Gasteiger partial charge in [0.25, 0.3) is 0 Å². The molecule has 0 aliphatic carbocycles. The number of nitrogen functional groups attached to an aromatic ring is 1. The topological polar surface area (TPSA) is 66.6 Å². The van der Waals surface area contributed by atoms with E-state index < -0.39 is 5.97 Å². The molecule has 1 atom stereocenters. The molecule has 0 saturated heterocycles. The Morgan fingerprint density at radius 2 is 1.85 bits per heavy atom.